The van der Waals surface area contributed by atoms with E-state index in [9.17, 15) is 9.59 Å². The maximum Gasteiger partial charge on any atom is 0.227 e. The van der Waals surface area contributed by atoms with Crippen LogP contribution in [0, 0.1) is 3.57 Å². The van der Waals surface area contributed by atoms with Crippen LogP contribution in [0.4, 0.5) is 5.69 Å². The van der Waals surface area contributed by atoms with Crippen LogP contribution in [-0.2, 0) is 4.79 Å². The maximum absolute atomic E-state index is 11.7. The summed E-state index contributed by atoms with van der Waals surface area (Å²) in [7, 11) is 1.72. The second kappa shape index (κ2) is 3.92. The molecule has 78 valence electrons. The van der Waals surface area contributed by atoms with Crippen LogP contribution in [0.5, 0.6) is 0 Å². The summed E-state index contributed by atoms with van der Waals surface area (Å²) in [6.07, 6.45) is 0.622. The lowest BCUT2D eigenvalue weighted by Crippen LogP contribution is -2.25. The highest BCUT2D eigenvalue weighted by molar-refractivity contribution is 14.1. The molecule has 4 heteroatoms. The van der Waals surface area contributed by atoms with E-state index in [-0.39, 0.29) is 11.7 Å². The maximum atomic E-state index is 11.7. The minimum atomic E-state index is 0.00380. The molecule has 1 heterocycles. The smallest absolute Gasteiger partial charge is 0.227 e. The molecular formula is C11H10INO2. The number of benzene rings is 1. The van der Waals surface area contributed by atoms with Gasteiger partial charge in [-0.25, -0.2) is 0 Å². The van der Waals surface area contributed by atoms with E-state index in [1.54, 1.807) is 18.0 Å². The Morgan fingerprint density at radius 2 is 2.00 bits per heavy atom. The van der Waals surface area contributed by atoms with Gasteiger partial charge in [-0.15, -0.1) is 0 Å². The molecule has 0 saturated carbocycles. The molecule has 1 aliphatic heterocycles. The average molecular weight is 315 g/mol. The van der Waals surface area contributed by atoms with E-state index in [4.69, 9.17) is 0 Å². The van der Waals surface area contributed by atoms with Gasteiger partial charge in [-0.2, -0.15) is 0 Å². The molecule has 0 spiro atoms. The Balaban J connectivity index is 2.60. The number of nitrogens with zero attached hydrogens (tertiary/aromatic N) is 1. The molecule has 0 saturated heterocycles. The van der Waals surface area contributed by atoms with Gasteiger partial charge in [0.2, 0.25) is 5.91 Å². The van der Waals surface area contributed by atoms with Gasteiger partial charge < -0.3 is 4.90 Å². The van der Waals surface area contributed by atoms with Crippen LogP contribution in [-0.4, -0.2) is 18.7 Å². The van der Waals surface area contributed by atoms with Gasteiger partial charge in [-0.1, -0.05) is 0 Å². The van der Waals surface area contributed by atoms with Crippen molar-refractivity contribution in [3.8, 4) is 0 Å². The quantitative estimate of drug-likeness (QED) is 0.689. The molecule has 0 bridgehead atoms. The molecule has 0 unspecified atom stereocenters. The van der Waals surface area contributed by atoms with Gasteiger partial charge in [0.15, 0.2) is 5.78 Å². The first-order valence-electron chi connectivity index (χ1n) is 4.69. The van der Waals surface area contributed by atoms with E-state index in [1.807, 2.05) is 12.1 Å². The first kappa shape index (κ1) is 10.6. The number of fused-ring (bicyclic) bond motifs is 1. The second-order valence-electron chi connectivity index (χ2n) is 3.54. The average Bonchev–Trinajstić information content (AvgIpc) is 2.32. The van der Waals surface area contributed by atoms with Crippen LogP contribution in [0.2, 0.25) is 0 Å². The van der Waals surface area contributed by atoms with Crippen molar-refractivity contribution in [1.82, 2.24) is 0 Å². The fourth-order valence-corrected chi connectivity index (χ4v) is 2.15. The molecule has 0 fully saturated rings. The number of carbonyl (C=O) groups is 2. The molecule has 0 atom stereocenters. The van der Waals surface area contributed by atoms with Crippen molar-refractivity contribution in [2.75, 3.05) is 11.9 Å². The summed E-state index contributed by atoms with van der Waals surface area (Å²) in [6, 6.07) is 5.56. The van der Waals surface area contributed by atoms with E-state index in [0.717, 1.165) is 9.26 Å². The second-order valence-corrected chi connectivity index (χ2v) is 4.78. The third-order valence-corrected chi connectivity index (χ3v) is 3.23. The predicted molar refractivity (Wildman–Crippen MR) is 66.1 cm³/mol. The molecule has 0 aromatic heterocycles. The molecular weight excluding hydrogens is 305 g/mol. The lowest BCUT2D eigenvalue weighted by molar-refractivity contribution is -0.118. The normalized spacial score (nSPS) is 16.3. The fourth-order valence-electron chi connectivity index (χ4n) is 1.68. The number of ketones is 1. The molecule has 1 aliphatic rings. The van der Waals surface area contributed by atoms with Gasteiger partial charge in [0.1, 0.15) is 0 Å². The molecule has 3 nitrogen and oxygen atoms in total. The molecule has 1 amide bonds. The highest BCUT2D eigenvalue weighted by atomic mass is 127. The zero-order chi connectivity index (χ0) is 11.0. The van der Waals surface area contributed by atoms with Crippen molar-refractivity contribution in [2.45, 2.75) is 12.8 Å². The summed E-state index contributed by atoms with van der Waals surface area (Å²) in [5.41, 5.74) is 1.39. The summed E-state index contributed by atoms with van der Waals surface area (Å²) >= 11 is 2.17. The number of Topliss-reactive ketones (excluding diaryl/α,β-unsaturated/α-hetero) is 1. The number of amides is 1. The molecule has 1 aromatic rings. The van der Waals surface area contributed by atoms with E-state index in [1.165, 1.54) is 0 Å². The van der Waals surface area contributed by atoms with Gasteiger partial charge in [0, 0.05) is 29.0 Å². The molecule has 15 heavy (non-hydrogen) atoms. The lowest BCUT2D eigenvalue weighted by atomic mass is 10.1. The van der Waals surface area contributed by atoms with Gasteiger partial charge in [0.05, 0.1) is 5.69 Å². The van der Waals surface area contributed by atoms with Crippen LogP contribution < -0.4 is 4.90 Å². The standard InChI is InChI=1S/C11H10INO2/c1-13-9-6-7(12)2-3-8(9)10(14)4-5-11(13)15/h2-3,6H,4-5H2,1H3. The Hall–Kier alpha value is -0.910. The van der Waals surface area contributed by atoms with Gasteiger partial charge in [0.25, 0.3) is 0 Å². The van der Waals surface area contributed by atoms with Gasteiger partial charge >= 0.3 is 0 Å². The summed E-state index contributed by atoms with van der Waals surface area (Å²) < 4.78 is 1.03. The third-order valence-electron chi connectivity index (χ3n) is 2.56. The molecule has 0 aliphatic carbocycles. The molecule has 2 rings (SSSR count). The summed E-state index contributed by atoms with van der Waals surface area (Å²) in [5.74, 6) is 0.0585. The van der Waals surface area contributed by atoms with Gasteiger partial charge in [-0.05, 0) is 40.8 Å². The van der Waals surface area contributed by atoms with Crippen LogP contribution in [0.25, 0.3) is 0 Å². The monoisotopic (exact) mass is 315 g/mol. The van der Waals surface area contributed by atoms with Crippen molar-refractivity contribution >= 4 is 40.0 Å². The minimum absolute atomic E-state index is 0.00380. The lowest BCUT2D eigenvalue weighted by Gasteiger charge is -2.16. The third kappa shape index (κ3) is 1.90. The van der Waals surface area contributed by atoms with Crippen LogP contribution >= 0.6 is 22.6 Å². The van der Waals surface area contributed by atoms with E-state index >= 15 is 0 Å². The Morgan fingerprint density at radius 1 is 1.27 bits per heavy atom. The zero-order valence-electron chi connectivity index (χ0n) is 8.29. The number of anilines is 1. The largest absolute Gasteiger partial charge is 0.315 e. The predicted octanol–water partition coefficient (Wildman–Crippen LogP) is 2.23. The summed E-state index contributed by atoms with van der Waals surface area (Å²) in [4.78, 5) is 24.9. The van der Waals surface area contributed by atoms with Crippen LogP contribution in [0.3, 0.4) is 0 Å². The molecule has 0 N–H and O–H groups in total. The van der Waals surface area contributed by atoms with Crippen molar-refractivity contribution in [3.63, 3.8) is 0 Å². The van der Waals surface area contributed by atoms with Crippen LogP contribution in [0.1, 0.15) is 23.2 Å². The van der Waals surface area contributed by atoms with Crippen LogP contribution in [0.15, 0.2) is 18.2 Å². The fraction of sp³-hybridized carbons (Fsp3) is 0.273. The van der Waals surface area contributed by atoms with Crippen molar-refractivity contribution in [3.05, 3.63) is 27.3 Å². The van der Waals surface area contributed by atoms with Gasteiger partial charge in [-0.3, -0.25) is 9.59 Å². The highest BCUT2D eigenvalue weighted by Gasteiger charge is 2.23. The Morgan fingerprint density at radius 3 is 2.73 bits per heavy atom. The Labute approximate surface area is 102 Å². The molecule has 1 aromatic carbocycles. The van der Waals surface area contributed by atoms with E-state index < -0.39 is 0 Å². The summed E-state index contributed by atoms with van der Waals surface area (Å²) in [6.45, 7) is 0. The number of halogens is 1. The zero-order valence-corrected chi connectivity index (χ0v) is 10.4. The van der Waals surface area contributed by atoms with Crippen molar-refractivity contribution < 1.29 is 9.59 Å². The Bertz CT molecular complexity index is 442. The van der Waals surface area contributed by atoms with Crippen molar-refractivity contribution in [1.29, 1.82) is 0 Å². The Kier molecular flexibility index (Phi) is 2.77. The van der Waals surface area contributed by atoms with Crippen molar-refractivity contribution in [2.24, 2.45) is 0 Å². The highest BCUT2D eigenvalue weighted by Crippen LogP contribution is 2.27. The number of carbonyl (C=O) groups excluding carboxylic acids is 2. The number of rotatable bonds is 0. The topological polar surface area (TPSA) is 37.4 Å². The molecule has 0 radical (unpaired) electrons. The first-order valence-corrected chi connectivity index (χ1v) is 5.77. The number of hydrogen-bond donors (Lipinski definition) is 0. The van der Waals surface area contributed by atoms with E-state index in [0.29, 0.717) is 18.4 Å². The first-order chi connectivity index (χ1) is 7.09. The minimum Gasteiger partial charge on any atom is -0.315 e. The SMILES string of the molecule is CN1C(=O)CCC(=O)c2ccc(I)cc21. The summed E-state index contributed by atoms with van der Waals surface area (Å²) in [5, 5.41) is 0. The van der Waals surface area contributed by atoms with E-state index in [2.05, 4.69) is 22.6 Å². The number of hydrogen-bond acceptors (Lipinski definition) is 2.